The molecule has 0 unspecified atom stereocenters. The van der Waals surface area contributed by atoms with Crippen LogP contribution in [0.25, 0.3) is 0 Å². The van der Waals surface area contributed by atoms with Crippen molar-refractivity contribution in [3.63, 3.8) is 0 Å². The van der Waals surface area contributed by atoms with Gasteiger partial charge in [0.1, 0.15) is 5.60 Å². The largest absolute Gasteiger partial charge is 0.460 e. The molecule has 0 aliphatic heterocycles. The van der Waals surface area contributed by atoms with Crippen LogP contribution < -0.4 is 0 Å². The van der Waals surface area contributed by atoms with E-state index in [2.05, 4.69) is 0 Å². The van der Waals surface area contributed by atoms with Crippen molar-refractivity contribution >= 4 is 5.97 Å². The number of rotatable bonds is 5. The van der Waals surface area contributed by atoms with Crippen molar-refractivity contribution in [2.75, 3.05) is 20.2 Å². The number of hydrogen-bond donors (Lipinski definition) is 1. The van der Waals surface area contributed by atoms with E-state index in [0.29, 0.717) is 13.0 Å². The van der Waals surface area contributed by atoms with Crippen LogP contribution in [0.3, 0.4) is 0 Å². The zero-order chi connectivity index (χ0) is 13.0. The monoisotopic (exact) mass is 231 g/mol. The molecule has 0 rings (SSSR count). The average molecular weight is 231 g/mol. The normalized spacial score (nSPS) is 13.0. The Labute approximate surface area is 98.6 Å². The van der Waals surface area contributed by atoms with Crippen LogP contribution in [0.4, 0.5) is 0 Å². The van der Waals surface area contributed by atoms with Crippen LogP contribution in [0, 0.1) is 0 Å². The number of likely N-dealkylation sites (N-methyl/N-ethyl adjacent to an activating group) is 1. The molecule has 16 heavy (non-hydrogen) atoms. The van der Waals surface area contributed by atoms with E-state index in [9.17, 15) is 4.79 Å². The lowest BCUT2D eigenvalue weighted by Crippen LogP contribution is -2.45. The maximum atomic E-state index is 11.5. The fourth-order valence-electron chi connectivity index (χ4n) is 1.07. The van der Waals surface area contributed by atoms with Crippen molar-refractivity contribution in [3.8, 4) is 0 Å². The summed E-state index contributed by atoms with van der Waals surface area (Å²) in [5, 5.41) is 9.16. The van der Waals surface area contributed by atoms with Crippen molar-refractivity contribution in [1.82, 2.24) is 4.90 Å². The molecule has 4 heteroatoms. The number of carbonyl (C=O) groups is 1. The summed E-state index contributed by atoms with van der Waals surface area (Å²) in [6.07, 6.45) is 0.344. The first-order valence-corrected chi connectivity index (χ1v) is 5.62. The zero-order valence-electron chi connectivity index (χ0n) is 11.3. The second-order valence-corrected chi connectivity index (χ2v) is 5.73. The highest BCUT2D eigenvalue weighted by molar-refractivity contribution is 5.70. The van der Waals surface area contributed by atoms with Gasteiger partial charge in [-0.15, -0.1) is 0 Å². The third-order valence-electron chi connectivity index (χ3n) is 2.49. The summed E-state index contributed by atoms with van der Waals surface area (Å²) >= 11 is 0. The number of aliphatic hydroxyl groups is 1. The first-order valence-electron chi connectivity index (χ1n) is 5.62. The van der Waals surface area contributed by atoms with E-state index in [4.69, 9.17) is 9.84 Å². The predicted molar refractivity (Wildman–Crippen MR) is 64.3 cm³/mol. The van der Waals surface area contributed by atoms with Crippen LogP contribution in [0.5, 0.6) is 0 Å². The number of nitrogens with zero attached hydrogens (tertiary/aromatic N) is 1. The summed E-state index contributed by atoms with van der Waals surface area (Å²) in [7, 11) is 1.89. The van der Waals surface area contributed by atoms with Gasteiger partial charge in [-0.2, -0.15) is 0 Å². The Morgan fingerprint density at radius 2 is 1.75 bits per heavy atom. The maximum Gasteiger partial charge on any atom is 0.307 e. The number of esters is 1. The van der Waals surface area contributed by atoms with E-state index in [1.807, 2.05) is 46.6 Å². The van der Waals surface area contributed by atoms with Gasteiger partial charge in [0, 0.05) is 12.1 Å². The second-order valence-electron chi connectivity index (χ2n) is 5.73. The predicted octanol–water partition coefficient (Wildman–Crippen LogP) is 1.42. The van der Waals surface area contributed by atoms with E-state index in [0.717, 1.165) is 0 Å². The summed E-state index contributed by atoms with van der Waals surface area (Å²) in [5.41, 5.74) is -0.732. The summed E-state index contributed by atoms with van der Waals surface area (Å²) in [4.78, 5) is 13.4. The minimum atomic E-state index is -0.428. The molecule has 0 atom stereocenters. The number of ether oxygens (including phenoxy) is 1. The van der Waals surface area contributed by atoms with Gasteiger partial charge in [-0.05, 0) is 41.7 Å². The standard InChI is InChI=1S/C12H25NO3/c1-11(2,3)16-10(15)7-8-13(6)12(4,5)9-14/h14H,7-9H2,1-6H3. The summed E-state index contributed by atoms with van der Waals surface area (Å²) in [5.74, 6) is -0.201. The molecule has 0 aromatic heterocycles. The van der Waals surface area contributed by atoms with Gasteiger partial charge in [0.15, 0.2) is 0 Å². The Kier molecular flexibility index (Phi) is 5.42. The highest BCUT2D eigenvalue weighted by Gasteiger charge is 2.23. The van der Waals surface area contributed by atoms with Crippen LogP contribution >= 0.6 is 0 Å². The topological polar surface area (TPSA) is 49.8 Å². The Bertz CT molecular complexity index is 231. The van der Waals surface area contributed by atoms with Crippen molar-refractivity contribution < 1.29 is 14.6 Å². The number of carbonyl (C=O) groups excluding carboxylic acids is 1. The van der Waals surface area contributed by atoms with Crippen molar-refractivity contribution in [2.45, 2.75) is 52.2 Å². The summed E-state index contributed by atoms with van der Waals surface area (Å²) in [6.45, 7) is 10.1. The van der Waals surface area contributed by atoms with Gasteiger partial charge >= 0.3 is 5.97 Å². The molecule has 0 aliphatic carbocycles. The molecule has 0 aromatic carbocycles. The minimum absolute atomic E-state index is 0.0673. The molecule has 0 aliphatic rings. The zero-order valence-corrected chi connectivity index (χ0v) is 11.3. The summed E-state index contributed by atoms with van der Waals surface area (Å²) in [6, 6.07) is 0. The lowest BCUT2D eigenvalue weighted by molar-refractivity contribution is -0.155. The van der Waals surface area contributed by atoms with Crippen LogP contribution in [-0.2, 0) is 9.53 Å². The Morgan fingerprint density at radius 1 is 1.25 bits per heavy atom. The average Bonchev–Trinajstić information content (AvgIpc) is 2.11. The lowest BCUT2D eigenvalue weighted by Gasteiger charge is -2.33. The number of aliphatic hydroxyl groups excluding tert-OH is 1. The molecule has 96 valence electrons. The van der Waals surface area contributed by atoms with Gasteiger partial charge in [0.25, 0.3) is 0 Å². The fourth-order valence-corrected chi connectivity index (χ4v) is 1.07. The molecule has 0 bridgehead atoms. The van der Waals surface area contributed by atoms with E-state index >= 15 is 0 Å². The first kappa shape index (κ1) is 15.4. The maximum absolute atomic E-state index is 11.5. The quantitative estimate of drug-likeness (QED) is 0.727. The highest BCUT2D eigenvalue weighted by Crippen LogP contribution is 2.13. The molecule has 0 radical (unpaired) electrons. The molecule has 0 saturated carbocycles. The molecular formula is C12H25NO3. The van der Waals surface area contributed by atoms with Gasteiger partial charge in [-0.1, -0.05) is 0 Å². The van der Waals surface area contributed by atoms with E-state index in [-0.39, 0.29) is 18.1 Å². The number of hydrogen-bond acceptors (Lipinski definition) is 4. The molecule has 0 saturated heterocycles. The SMILES string of the molecule is CN(CCC(=O)OC(C)(C)C)C(C)(C)CO. The molecule has 1 N–H and O–H groups in total. The van der Waals surface area contributed by atoms with E-state index < -0.39 is 5.60 Å². The molecule has 0 fully saturated rings. The molecule has 0 aromatic rings. The van der Waals surface area contributed by atoms with Crippen LogP contribution in [0.15, 0.2) is 0 Å². The molecular weight excluding hydrogens is 206 g/mol. The van der Waals surface area contributed by atoms with Crippen molar-refractivity contribution in [3.05, 3.63) is 0 Å². The third kappa shape index (κ3) is 6.08. The smallest absolute Gasteiger partial charge is 0.307 e. The summed E-state index contributed by atoms with van der Waals surface area (Å²) < 4.78 is 5.21. The lowest BCUT2D eigenvalue weighted by atomic mass is 10.1. The van der Waals surface area contributed by atoms with E-state index in [1.165, 1.54) is 0 Å². The van der Waals surface area contributed by atoms with Gasteiger partial charge in [0.2, 0.25) is 0 Å². The second kappa shape index (κ2) is 5.64. The van der Waals surface area contributed by atoms with Crippen molar-refractivity contribution in [2.24, 2.45) is 0 Å². The Hall–Kier alpha value is -0.610. The van der Waals surface area contributed by atoms with E-state index in [1.54, 1.807) is 0 Å². The molecule has 0 amide bonds. The van der Waals surface area contributed by atoms with Gasteiger partial charge in [-0.3, -0.25) is 9.69 Å². The van der Waals surface area contributed by atoms with Crippen LogP contribution in [-0.4, -0.2) is 47.3 Å². The molecule has 0 spiro atoms. The van der Waals surface area contributed by atoms with Gasteiger partial charge < -0.3 is 9.84 Å². The Balaban J connectivity index is 4.02. The highest BCUT2D eigenvalue weighted by atomic mass is 16.6. The minimum Gasteiger partial charge on any atom is -0.460 e. The Morgan fingerprint density at radius 3 is 2.12 bits per heavy atom. The first-order chi connectivity index (χ1) is 7.08. The molecule has 4 nitrogen and oxygen atoms in total. The molecule has 0 heterocycles. The van der Waals surface area contributed by atoms with Crippen molar-refractivity contribution in [1.29, 1.82) is 0 Å². The fraction of sp³-hybridized carbons (Fsp3) is 0.917. The van der Waals surface area contributed by atoms with Crippen LogP contribution in [0.1, 0.15) is 41.0 Å². The van der Waals surface area contributed by atoms with Gasteiger partial charge in [0.05, 0.1) is 13.0 Å². The van der Waals surface area contributed by atoms with Gasteiger partial charge in [-0.25, -0.2) is 0 Å². The third-order valence-corrected chi connectivity index (χ3v) is 2.49. The van der Waals surface area contributed by atoms with Crippen LogP contribution in [0.2, 0.25) is 0 Å².